The molecule has 0 aliphatic carbocycles. The van der Waals surface area contributed by atoms with Gasteiger partial charge in [-0.2, -0.15) is 5.48 Å². The van der Waals surface area contributed by atoms with Crippen LogP contribution in [0.2, 0.25) is 0 Å². The van der Waals surface area contributed by atoms with Crippen molar-refractivity contribution in [3.63, 3.8) is 0 Å². The van der Waals surface area contributed by atoms with Gasteiger partial charge in [-0.25, -0.2) is 0 Å². The van der Waals surface area contributed by atoms with Crippen molar-refractivity contribution in [2.75, 3.05) is 6.29 Å². The van der Waals surface area contributed by atoms with Crippen LogP contribution in [0.15, 0.2) is 0 Å². The predicted molar refractivity (Wildman–Crippen MR) is 48.6 cm³/mol. The molecule has 0 heterocycles. The molecule has 0 rings (SSSR count). The van der Waals surface area contributed by atoms with Crippen LogP contribution in [-0.2, 0) is 9.36 Å². The summed E-state index contributed by atoms with van der Waals surface area (Å²) in [5.41, 5.74) is 1.77. The second-order valence-electron chi connectivity index (χ2n) is 3.21. The van der Waals surface area contributed by atoms with Crippen molar-refractivity contribution < 1.29 is 24.4 Å². The minimum atomic E-state index is -4.24. The molecule has 0 aromatic rings. The fourth-order valence-electron chi connectivity index (χ4n) is 0.801. The van der Waals surface area contributed by atoms with E-state index in [1.807, 2.05) is 5.32 Å². The van der Waals surface area contributed by atoms with E-state index in [1.165, 1.54) is 0 Å². The molecule has 0 spiro atoms. The molecule has 0 aliphatic heterocycles. The van der Waals surface area contributed by atoms with Crippen molar-refractivity contribution >= 4 is 13.5 Å². The van der Waals surface area contributed by atoms with Crippen LogP contribution >= 0.6 is 7.60 Å². The maximum atomic E-state index is 11.2. The van der Waals surface area contributed by atoms with Crippen molar-refractivity contribution in [2.24, 2.45) is 5.92 Å². The monoisotopic (exact) mass is 226 g/mol. The van der Waals surface area contributed by atoms with E-state index >= 15 is 0 Å². The van der Waals surface area contributed by atoms with Gasteiger partial charge in [-0.3, -0.25) is 9.36 Å². The van der Waals surface area contributed by atoms with Gasteiger partial charge in [0, 0.05) is 0 Å². The van der Waals surface area contributed by atoms with E-state index in [4.69, 9.17) is 15.0 Å². The molecule has 14 heavy (non-hydrogen) atoms. The Labute approximate surface area is 81.6 Å². The summed E-state index contributed by atoms with van der Waals surface area (Å²) in [6.45, 7) is 3.37. The first-order chi connectivity index (χ1) is 6.28. The van der Waals surface area contributed by atoms with Gasteiger partial charge in [0.2, 0.25) is 5.91 Å². The molecule has 8 heteroatoms. The Morgan fingerprint density at radius 2 is 1.93 bits per heavy atom. The first kappa shape index (κ1) is 13.5. The third kappa shape index (κ3) is 5.31. The number of carbonyl (C=O) groups is 1. The largest absolute Gasteiger partial charge is 0.344 e. The highest BCUT2D eigenvalue weighted by molar-refractivity contribution is 7.51. The summed E-state index contributed by atoms with van der Waals surface area (Å²) < 4.78 is 10.4. The van der Waals surface area contributed by atoms with Crippen molar-refractivity contribution in [1.29, 1.82) is 0 Å². The zero-order valence-corrected chi connectivity index (χ0v) is 8.86. The summed E-state index contributed by atoms with van der Waals surface area (Å²) >= 11 is 0. The Kier molecular flexibility index (Phi) is 5.25. The lowest BCUT2D eigenvalue weighted by atomic mass is 10.1. The molecule has 0 saturated heterocycles. The molecule has 0 unspecified atom stereocenters. The quantitative estimate of drug-likeness (QED) is 0.310. The fraction of sp³-hybridized carbons (Fsp3) is 0.833. The molecule has 0 saturated carbocycles. The summed E-state index contributed by atoms with van der Waals surface area (Å²) in [4.78, 5) is 28.1. The number of nitrogens with one attached hydrogen (secondary N) is 2. The molecule has 0 aromatic carbocycles. The van der Waals surface area contributed by atoms with Gasteiger partial charge in [-0.15, -0.1) is 0 Å². The zero-order valence-electron chi connectivity index (χ0n) is 7.97. The van der Waals surface area contributed by atoms with E-state index in [0.717, 1.165) is 0 Å². The second kappa shape index (κ2) is 5.43. The summed E-state index contributed by atoms with van der Waals surface area (Å²) in [5.74, 6) is -0.831. The van der Waals surface area contributed by atoms with Crippen LogP contribution in [0.4, 0.5) is 0 Å². The Balaban J connectivity index is 4.13. The van der Waals surface area contributed by atoms with E-state index in [9.17, 15) is 9.36 Å². The van der Waals surface area contributed by atoms with Crippen molar-refractivity contribution in [3.8, 4) is 0 Å². The highest BCUT2D eigenvalue weighted by Crippen LogP contribution is 2.31. The lowest BCUT2D eigenvalue weighted by Gasteiger charge is -2.18. The normalized spacial score (nSPS) is 14.1. The van der Waals surface area contributed by atoms with E-state index in [2.05, 4.69) is 0 Å². The smallest absolute Gasteiger partial charge is 0.343 e. The number of amides is 1. The number of hydrogen-bond donors (Lipinski definition) is 5. The Morgan fingerprint density at radius 3 is 2.21 bits per heavy atom. The Bertz CT molecular complexity index is 238. The van der Waals surface area contributed by atoms with Crippen molar-refractivity contribution in [3.05, 3.63) is 0 Å². The average Bonchev–Trinajstić information content (AvgIpc) is 2.00. The summed E-state index contributed by atoms with van der Waals surface area (Å²) in [6, 6.07) is -0.874. The molecule has 0 bridgehead atoms. The third-order valence-corrected chi connectivity index (χ3v) is 2.12. The first-order valence-corrected chi connectivity index (χ1v) is 5.79. The number of carbonyl (C=O) groups excluding carboxylic acids is 1. The lowest BCUT2D eigenvalue weighted by Crippen LogP contribution is -2.46. The van der Waals surface area contributed by atoms with Crippen LogP contribution in [-0.4, -0.2) is 33.2 Å². The first-order valence-electron chi connectivity index (χ1n) is 4.00. The van der Waals surface area contributed by atoms with Gasteiger partial charge in [-0.05, 0) is 5.92 Å². The molecule has 0 aliphatic rings. The standard InChI is InChI=1S/C6H15N2O5P/c1-4(2)5(8-10)6(9)7-3-14(11,12)13/h4-5,8,10H,3H2,1-2H3,(H,7,9)(H2,11,12,13)/t5-/m0/s1. The lowest BCUT2D eigenvalue weighted by molar-refractivity contribution is -0.126. The highest BCUT2D eigenvalue weighted by atomic mass is 31.2. The molecule has 7 nitrogen and oxygen atoms in total. The fourth-order valence-corrected chi connectivity index (χ4v) is 1.16. The third-order valence-electron chi connectivity index (χ3n) is 1.55. The molecule has 5 N–H and O–H groups in total. The molecule has 1 amide bonds. The summed E-state index contributed by atoms with van der Waals surface area (Å²) in [7, 11) is -4.24. The topological polar surface area (TPSA) is 119 Å². The van der Waals surface area contributed by atoms with Crippen LogP contribution in [0.3, 0.4) is 0 Å². The predicted octanol–water partition coefficient (Wildman–Crippen LogP) is -0.759. The molecule has 84 valence electrons. The number of hydrogen-bond acceptors (Lipinski definition) is 4. The minimum Gasteiger partial charge on any atom is -0.343 e. The summed E-state index contributed by atoms with van der Waals surface area (Å²) in [5, 5.41) is 10.6. The van der Waals surface area contributed by atoms with Gasteiger partial charge in [0.15, 0.2) is 0 Å². The number of rotatable bonds is 5. The van der Waals surface area contributed by atoms with Gasteiger partial charge >= 0.3 is 7.60 Å². The van der Waals surface area contributed by atoms with Crippen LogP contribution in [0.25, 0.3) is 0 Å². The second-order valence-corrected chi connectivity index (χ2v) is 4.86. The van der Waals surface area contributed by atoms with E-state index in [1.54, 1.807) is 19.3 Å². The molecule has 1 atom stereocenters. The maximum Gasteiger partial charge on any atom is 0.344 e. The highest BCUT2D eigenvalue weighted by Gasteiger charge is 2.23. The molecular formula is C6H15N2O5P. The Morgan fingerprint density at radius 1 is 1.43 bits per heavy atom. The van der Waals surface area contributed by atoms with E-state index in [0.29, 0.717) is 0 Å². The van der Waals surface area contributed by atoms with Crippen molar-refractivity contribution in [1.82, 2.24) is 10.8 Å². The van der Waals surface area contributed by atoms with Gasteiger partial charge in [0.25, 0.3) is 0 Å². The van der Waals surface area contributed by atoms with E-state index in [-0.39, 0.29) is 5.92 Å². The SMILES string of the molecule is CC(C)[C@H](NO)C(=O)NCP(=O)(O)O. The average molecular weight is 226 g/mol. The van der Waals surface area contributed by atoms with Gasteiger partial charge in [0.1, 0.15) is 12.3 Å². The van der Waals surface area contributed by atoms with Gasteiger partial charge in [-0.1, -0.05) is 13.8 Å². The van der Waals surface area contributed by atoms with Crippen LogP contribution in [0.5, 0.6) is 0 Å². The number of hydroxylamine groups is 1. The minimum absolute atomic E-state index is 0.184. The van der Waals surface area contributed by atoms with Gasteiger partial charge < -0.3 is 20.3 Å². The van der Waals surface area contributed by atoms with Crippen LogP contribution in [0.1, 0.15) is 13.8 Å². The summed E-state index contributed by atoms with van der Waals surface area (Å²) in [6.07, 6.45) is -0.725. The van der Waals surface area contributed by atoms with Crippen LogP contribution in [0, 0.1) is 5.92 Å². The molecule has 0 fully saturated rings. The van der Waals surface area contributed by atoms with Crippen molar-refractivity contribution in [2.45, 2.75) is 19.9 Å². The molecular weight excluding hydrogens is 211 g/mol. The Hall–Kier alpha value is -0.460. The van der Waals surface area contributed by atoms with E-state index < -0.39 is 25.8 Å². The van der Waals surface area contributed by atoms with Crippen LogP contribution < -0.4 is 10.8 Å². The zero-order chi connectivity index (χ0) is 11.4. The molecule has 0 radical (unpaired) electrons. The maximum absolute atomic E-state index is 11.2. The van der Waals surface area contributed by atoms with Gasteiger partial charge in [0.05, 0.1) is 0 Å². The molecule has 0 aromatic heterocycles.